The van der Waals surface area contributed by atoms with Crippen molar-refractivity contribution in [1.82, 2.24) is 14.3 Å². The Bertz CT molecular complexity index is 1670. The molecule has 0 aliphatic carbocycles. The van der Waals surface area contributed by atoms with Crippen molar-refractivity contribution >= 4 is 28.2 Å². The van der Waals surface area contributed by atoms with E-state index in [9.17, 15) is 24.1 Å². The lowest BCUT2D eigenvalue weighted by Crippen LogP contribution is -2.24. The fourth-order valence-corrected chi connectivity index (χ4v) is 3.84. The lowest BCUT2D eigenvalue weighted by molar-refractivity contribution is -0.384. The van der Waals surface area contributed by atoms with Gasteiger partial charge in [-0.1, -0.05) is 12.1 Å². The standard InChI is InChI=1S/C26H18FN5O4/c27-20-7-4-18-12-13-30(23(18)15-20)24-10-11-25(33)31(29-24)16-17-2-1-3-21(14-17)28-26(34)19-5-8-22(9-6-19)32(35)36/h1-15H,16H2,(H,28,34). The molecule has 0 fully saturated rings. The molecule has 0 radical (unpaired) electrons. The number of nitro benzene ring substituents is 1. The highest BCUT2D eigenvalue weighted by Gasteiger charge is 2.11. The Morgan fingerprint density at radius 1 is 1.00 bits per heavy atom. The zero-order chi connectivity index (χ0) is 25.2. The van der Waals surface area contributed by atoms with Gasteiger partial charge in [-0.15, -0.1) is 0 Å². The molecule has 0 bridgehead atoms. The summed E-state index contributed by atoms with van der Waals surface area (Å²) in [6.45, 7) is 0.140. The van der Waals surface area contributed by atoms with Crippen molar-refractivity contribution in [2.75, 3.05) is 5.32 Å². The number of carbonyl (C=O) groups is 1. The van der Waals surface area contributed by atoms with Gasteiger partial charge in [0.1, 0.15) is 5.82 Å². The quantitative estimate of drug-likeness (QED) is 0.282. The molecule has 36 heavy (non-hydrogen) atoms. The van der Waals surface area contributed by atoms with Crippen LogP contribution in [-0.4, -0.2) is 25.2 Å². The zero-order valence-corrected chi connectivity index (χ0v) is 18.7. The topological polar surface area (TPSA) is 112 Å². The van der Waals surface area contributed by atoms with Gasteiger partial charge in [0.2, 0.25) is 0 Å². The number of nitro groups is 1. The summed E-state index contributed by atoms with van der Waals surface area (Å²) in [7, 11) is 0. The maximum Gasteiger partial charge on any atom is 0.269 e. The molecule has 1 N–H and O–H groups in total. The molecule has 0 aliphatic heterocycles. The Labute approximate surface area is 203 Å². The molecule has 10 heteroatoms. The Kier molecular flexibility index (Phi) is 5.83. The lowest BCUT2D eigenvalue weighted by Gasteiger charge is -2.11. The molecule has 1 amide bonds. The molecule has 5 aromatic rings. The molecule has 0 aliphatic rings. The molecule has 0 saturated carbocycles. The van der Waals surface area contributed by atoms with Crippen LogP contribution in [0.5, 0.6) is 0 Å². The van der Waals surface area contributed by atoms with Crippen LogP contribution in [0.25, 0.3) is 16.7 Å². The van der Waals surface area contributed by atoms with Gasteiger partial charge in [0.25, 0.3) is 17.2 Å². The summed E-state index contributed by atoms with van der Waals surface area (Å²) in [5.41, 5.74) is 1.68. The normalized spacial score (nSPS) is 10.9. The summed E-state index contributed by atoms with van der Waals surface area (Å²) >= 11 is 0. The molecule has 0 atom stereocenters. The minimum atomic E-state index is -0.535. The van der Waals surface area contributed by atoms with E-state index < -0.39 is 10.8 Å². The molecule has 5 rings (SSSR count). The van der Waals surface area contributed by atoms with Crippen LogP contribution in [0, 0.1) is 15.9 Å². The molecule has 0 saturated heterocycles. The highest BCUT2D eigenvalue weighted by Crippen LogP contribution is 2.20. The highest BCUT2D eigenvalue weighted by molar-refractivity contribution is 6.04. The van der Waals surface area contributed by atoms with Gasteiger partial charge in [0, 0.05) is 41.0 Å². The van der Waals surface area contributed by atoms with E-state index in [0.717, 1.165) is 5.39 Å². The second-order valence-electron chi connectivity index (χ2n) is 8.03. The molecular weight excluding hydrogens is 465 g/mol. The largest absolute Gasteiger partial charge is 0.322 e. The van der Waals surface area contributed by atoms with E-state index in [1.54, 1.807) is 47.2 Å². The summed E-state index contributed by atoms with van der Waals surface area (Å²) in [5.74, 6) is -0.341. The van der Waals surface area contributed by atoms with Crippen LogP contribution in [0.1, 0.15) is 15.9 Å². The first-order chi connectivity index (χ1) is 17.4. The van der Waals surface area contributed by atoms with Crippen molar-refractivity contribution < 1.29 is 14.1 Å². The van der Waals surface area contributed by atoms with Crippen molar-refractivity contribution in [3.8, 4) is 5.82 Å². The number of halogens is 1. The van der Waals surface area contributed by atoms with Gasteiger partial charge in [-0.05, 0) is 60.2 Å². The number of nitrogens with one attached hydrogen (secondary N) is 1. The molecule has 2 aromatic heterocycles. The van der Waals surface area contributed by atoms with E-state index in [1.165, 1.54) is 47.1 Å². The molecule has 0 spiro atoms. The van der Waals surface area contributed by atoms with Gasteiger partial charge >= 0.3 is 0 Å². The number of benzene rings is 3. The predicted octanol–water partition coefficient (Wildman–Crippen LogP) is 4.54. The summed E-state index contributed by atoms with van der Waals surface area (Å²) < 4.78 is 16.8. The van der Waals surface area contributed by atoms with Crippen LogP contribution in [0.15, 0.2) is 95.9 Å². The SMILES string of the molecule is O=C(Nc1cccc(Cn2nc(-n3ccc4ccc(F)cc43)ccc2=O)c1)c1ccc([N+](=O)[O-])cc1. The first-order valence-electron chi connectivity index (χ1n) is 10.9. The third kappa shape index (κ3) is 4.60. The number of anilines is 1. The Hall–Kier alpha value is -5.12. The fraction of sp³-hybridized carbons (Fsp3) is 0.0385. The maximum absolute atomic E-state index is 13.8. The van der Waals surface area contributed by atoms with Gasteiger partial charge in [-0.3, -0.25) is 24.3 Å². The van der Waals surface area contributed by atoms with Crippen molar-refractivity contribution in [2.45, 2.75) is 6.54 Å². The summed E-state index contributed by atoms with van der Waals surface area (Å²) in [6, 6.07) is 21.5. The van der Waals surface area contributed by atoms with Crippen molar-refractivity contribution in [2.24, 2.45) is 0 Å². The number of non-ortho nitro benzene ring substituents is 1. The number of aromatic nitrogens is 3. The predicted molar refractivity (Wildman–Crippen MR) is 132 cm³/mol. The van der Waals surface area contributed by atoms with E-state index in [1.807, 2.05) is 6.07 Å². The number of hydrogen-bond donors (Lipinski definition) is 1. The minimum absolute atomic E-state index is 0.105. The first kappa shape index (κ1) is 22.7. The van der Waals surface area contributed by atoms with Gasteiger partial charge < -0.3 is 5.32 Å². The number of carbonyl (C=O) groups excluding carboxylic acids is 1. The second kappa shape index (κ2) is 9.26. The number of hydrogen-bond acceptors (Lipinski definition) is 5. The maximum atomic E-state index is 13.8. The van der Waals surface area contributed by atoms with E-state index >= 15 is 0 Å². The Balaban J connectivity index is 1.37. The second-order valence-corrected chi connectivity index (χ2v) is 8.03. The first-order valence-corrected chi connectivity index (χ1v) is 10.9. The van der Waals surface area contributed by atoms with Crippen LogP contribution < -0.4 is 10.9 Å². The third-order valence-corrected chi connectivity index (χ3v) is 5.61. The zero-order valence-electron chi connectivity index (χ0n) is 18.7. The smallest absolute Gasteiger partial charge is 0.269 e. The van der Waals surface area contributed by atoms with Crippen LogP contribution >= 0.6 is 0 Å². The highest BCUT2D eigenvalue weighted by atomic mass is 19.1. The molecule has 2 heterocycles. The van der Waals surface area contributed by atoms with Gasteiger partial charge in [0.15, 0.2) is 5.82 Å². The monoisotopic (exact) mass is 483 g/mol. The number of fused-ring (bicyclic) bond motifs is 1. The van der Waals surface area contributed by atoms with Crippen molar-refractivity contribution in [3.05, 3.63) is 129 Å². The lowest BCUT2D eigenvalue weighted by atomic mass is 10.1. The number of rotatable bonds is 6. The number of amides is 1. The summed E-state index contributed by atoms with van der Waals surface area (Å²) in [6.07, 6.45) is 1.76. The van der Waals surface area contributed by atoms with E-state index in [0.29, 0.717) is 22.6 Å². The van der Waals surface area contributed by atoms with Crippen molar-refractivity contribution in [1.29, 1.82) is 0 Å². The van der Waals surface area contributed by atoms with E-state index in [2.05, 4.69) is 10.4 Å². The third-order valence-electron chi connectivity index (χ3n) is 5.61. The van der Waals surface area contributed by atoms with Crippen LogP contribution in [-0.2, 0) is 6.54 Å². The van der Waals surface area contributed by atoms with Gasteiger partial charge in [0.05, 0.1) is 17.0 Å². The van der Waals surface area contributed by atoms with Crippen molar-refractivity contribution in [3.63, 3.8) is 0 Å². The number of nitrogens with zero attached hydrogens (tertiary/aromatic N) is 4. The van der Waals surface area contributed by atoms with E-state index in [4.69, 9.17) is 0 Å². The molecule has 178 valence electrons. The average molecular weight is 483 g/mol. The molecule has 3 aromatic carbocycles. The van der Waals surface area contributed by atoms with Gasteiger partial charge in [-0.25, -0.2) is 9.07 Å². The average Bonchev–Trinajstić information content (AvgIpc) is 3.28. The Morgan fingerprint density at radius 3 is 2.58 bits per heavy atom. The molecular formula is C26H18FN5O4. The Morgan fingerprint density at radius 2 is 1.81 bits per heavy atom. The van der Waals surface area contributed by atoms with Gasteiger partial charge in [-0.2, -0.15) is 5.10 Å². The molecule has 0 unspecified atom stereocenters. The van der Waals surface area contributed by atoms with Crippen LogP contribution in [0.2, 0.25) is 0 Å². The minimum Gasteiger partial charge on any atom is -0.322 e. The fourth-order valence-electron chi connectivity index (χ4n) is 3.84. The van der Waals surface area contributed by atoms with Crippen LogP contribution in [0.3, 0.4) is 0 Å². The van der Waals surface area contributed by atoms with Crippen LogP contribution in [0.4, 0.5) is 15.8 Å². The van der Waals surface area contributed by atoms with E-state index in [-0.39, 0.29) is 29.2 Å². The summed E-state index contributed by atoms with van der Waals surface area (Å²) in [5, 5.41) is 18.8. The molecule has 9 nitrogen and oxygen atoms in total. The summed E-state index contributed by atoms with van der Waals surface area (Å²) in [4.78, 5) is 35.3.